The number of nitrogen functional groups attached to an aromatic ring is 1. The van der Waals surface area contributed by atoms with Crippen LogP contribution < -0.4 is 15.2 Å². The van der Waals surface area contributed by atoms with Crippen molar-refractivity contribution in [1.29, 1.82) is 5.41 Å². The predicted molar refractivity (Wildman–Crippen MR) is 110 cm³/mol. The molecule has 0 saturated carbocycles. The third-order valence-corrected chi connectivity index (χ3v) is 4.73. The third-order valence-electron chi connectivity index (χ3n) is 4.73. The second-order valence-electron chi connectivity index (χ2n) is 6.73. The van der Waals surface area contributed by atoms with E-state index in [0.717, 1.165) is 12.1 Å². The molecule has 3 rings (SSSR count). The van der Waals surface area contributed by atoms with E-state index in [0.29, 0.717) is 17.8 Å². The van der Waals surface area contributed by atoms with Crippen molar-refractivity contribution in [2.75, 3.05) is 26.4 Å². The number of ether oxygens (including phenoxy) is 2. The van der Waals surface area contributed by atoms with Gasteiger partial charge in [-0.2, -0.15) is 13.2 Å². The molecular weight excluding hydrogens is 413 g/mol. The molecule has 7 nitrogen and oxygen atoms in total. The molecule has 1 heterocycles. The van der Waals surface area contributed by atoms with Crippen LogP contribution in [-0.2, 0) is 6.18 Å². The lowest BCUT2D eigenvalue weighted by Crippen LogP contribution is -2.30. The number of nitrogens with zero attached hydrogens (tertiary/aromatic N) is 2. The highest BCUT2D eigenvalue weighted by Crippen LogP contribution is 2.41. The molecule has 2 aromatic carbocycles. The van der Waals surface area contributed by atoms with Gasteiger partial charge in [0, 0.05) is 19.3 Å². The summed E-state index contributed by atoms with van der Waals surface area (Å²) in [6.07, 6.45) is -3.03. The van der Waals surface area contributed by atoms with Crippen LogP contribution in [0.2, 0.25) is 0 Å². The van der Waals surface area contributed by atoms with Gasteiger partial charge in [0.25, 0.3) is 0 Å². The molecule has 0 aromatic heterocycles. The maximum atomic E-state index is 13.3. The van der Waals surface area contributed by atoms with Crippen LogP contribution in [-0.4, -0.2) is 42.4 Å². The molecule has 1 saturated heterocycles. The number of hydrogen-bond acceptors (Lipinski definition) is 5. The molecule has 164 valence electrons. The standard InChI is InChI=1S/C21H21F3N4O3/c1-4-28-19(26)15(27(2)20(28)29)9-12-5-7-17(18(10-12)30-3)31-16-8-6-13(25)11-14(16)21(22,23)24/h5-11,26H,4,25H2,1-3H3/b15-9+,26-19?. The van der Waals surface area contributed by atoms with E-state index in [1.165, 1.54) is 29.0 Å². The number of benzene rings is 2. The fourth-order valence-electron chi connectivity index (χ4n) is 3.13. The van der Waals surface area contributed by atoms with E-state index in [9.17, 15) is 18.0 Å². The Morgan fingerprint density at radius 1 is 1.13 bits per heavy atom. The SMILES string of the molecule is CCN1C(=N)/C(=C\c2ccc(Oc3ccc(N)cc3C(F)(F)F)c(OC)c2)N(C)C1=O. The topological polar surface area (TPSA) is 91.9 Å². The number of hydrogen-bond donors (Lipinski definition) is 2. The maximum absolute atomic E-state index is 13.3. The zero-order chi connectivity index (χ0) is 22.9. The van der Waals surface area contributed by atoms with Crippen molar-refractivity contribution in [2.45, 2.75) is 13.1 Å². The average Bonchev–Trinajstić information content (AvgIpc) is 2.92. The maximum Gasteiger partial charge on any atom is 0.420 e. The van der Waals surface area contributed by atoms with Gasteiger partial charge >= 0.3 is 12.2 Å². The minimum absolute atomic E-state index is 0.0348. The first-order valence-electron chi connectivity index (χ1n) is 9.25. The molecule has 0 radical (unpaired) electrons. The minimum Gasteiger partial charge on any atom is -0.493 e. The third kappa shape index (κ3) is 4.27. The van der Waals surface area contributed by atoms with E-state index in [4.69, 9.17) is 20.6 Å². The number of nitrogens with one attached hydrogen (secondary N) is 1. The highest BCUT2D eigenvalue weighted by molar-refractivity contribution is 6.15. The average molecular weight is 434 g/mol. The highest BCUT2D eigenvalue weighted by Gasteiger charge is 2.36. The summed E-state index contributed by atoms with van der Waals surface area (Å²) in [5.74, 6) is -0.0928. The fraction of sp³-hybridized carbons (Fsp3) is 0.238. The van der Waals surface area contributed by atoms with Crippen molar-refractivity contribution in [3.63, 3.8) is 0 Å². The van der Waals surface area contributed by atoms with Gasteiger partial charge in [-0.1, -0.05) is 6.07 Å². The number of carbonyl (C=O) groups is 1. The Morgan fingerprint density at radius 2 is 1.81 bits per heavy atom. The predicted octanol–water partition coefficient (Wildman–Crippen LogP) is 4.79. The van der Waals surface area contributed by atoms with Crippen LogP contribution in [0.1, 0.15) is 18.1 Å². The Kier molecular flexibility index (Phi) is 5.83. The summed E-state index contributed by atoms with van der Waals surface area (Å²) in [7, 11) is 2.92. The van der Waals surface area contributed by atoms with Crippen molar-refractivity contribution >= 4 is 23.6 Å². The number of methoxy groups -OCH3 is 1. The monoisotopic (exact) mass is 434 g/mol. The number of halogens is 3. The Balaban J connectivity index is 1.96. The summed E-state index contributed by atoms with van der Waals surface area (Å²) in [6.45, 7) is 2.13. The van der Waals surface area contributed by atoms with Crippen LogP contribution in [0, 0.1) is 5.41 Å². The normalized spacial score (nSPS) is 15.7. The zero-order valence-corrected chi connectivity index (χ0v) is 17.1. The number of rotatable bonds is 5. The second-order valence-corrected chi connectivity index (χ2v) is 6.73. The molecule has 2 amide bonds. The molecule has 10 heteroatoms. The van der Waals surface area contributed by atoms with Gasteiger partial charge in [0.05, 0.1) is 12.8 Å². The molecule has 0 aliphatic carbocycles. The van der Waals surface area contributed by atoms with Gasteiger partial charge < -0.3 is 15.2 Å². The van der Waals surface area contributed by atoms with E-state index < -0.39 is 17.5 Å². The van der Waals surface area contributed by atoms with Crippen molar-refractivity contribution in [2.24, 2.45) is 0 Å². The molecule has 0 spiro atoms. The van der Waals surface area contributed by atoms with Crippen LogP contribution in [0.4, 0.5) is 23.7 Å². The molecule has 1 fully saturated rings. The van der Waals surface area contributed by atoms with E-state index in [1.54, 1.807) is 32.2 Å². The molecule has 0 atom stereocenters. The zero-order valence-electron chi connectivity index (χ0n) is 17.1. The van der Waals surface area contributed by atoms with Gasteiger partial charge in [-0.05, 0) is 48.9 Å². The summed E-state index contributed by atoms with van der Waals surface area (Å²) in [4.78, 5) is 14.9. The fourth-order valence-corrected chi connectivity index (χ4v) is 3.13. The summed E-state index contributed by atoms with van der Waals surface area (Å²) in [5.41, 5.74) is 5.42. The number of anilines is 1. The molecule has 31 heavy (non-hydrogen) atoms. The second kappa shape index (κ2) is 8.21. The van der Waals surface area contributed by atoms with Crippen LogP contribution in [0.15, 0.2) is 42.1 Å². The van der Waals surface area contributed by atoms with Crippen LogP contribution >= 0.6 is 0 Å². The number of urea groups is 1. The summed E-state index contributed by atoms with van der Waals surface area (Å²) < 4.78 is 50.8. The number of carbonyl (C=O) groups excluding carboxylic acids is 1. The van der Waals surface area contributed by atoms with Crippen LogP contribution in [0.5, 0.6) is 17.2 Å². The van der Waals surface area contributed by atoms with Gasteiger partial charge in [-0.25, -0.2) is 4.79 Å². The van der Waals surface area contributed by atoms with Gasteiger partial charge in [-0.3, -0.25) is 15.2 Å². The smallest absolute Gasteiger partial charge is 0.420 e. The molecular formula is C21H21F3N4O3. The van der Waals surface area contributed by atoms with Gasteiger partial charge in [0.15, 0.2) is 17.3 Å². The Hall–Kier alpha value is -3.69. The van der Waals surface area contributed by atoms with Crippen molar-refractivity contribution < 1.29 is 27.4 Å². The van der Waals surface area contributed by atoms with Crippen LogP contribution in [0.25, 0.3) is 6.08 Å². The lowest BCUT2D eigenvalue weighted by atomic mass is 10.1. The van der Waals surface area contributed by atoms with Crippen LogP contribution in [0.3, 0.4) is 0 Å². The minimum atomic E-state index is -4.65. The molecule has 0 bridgehead atoms. The summed E-state index contributed by atoms with van der Waals surface area (Å²) in [5, 5.41) is 8.18. The first-order valence-corrected chi connectivity index (χ1v) is 9.25. The first kappa shape index (κ1) is 22.0. The molecule has 1 aliphatic heterocycles. The van der Waals surface area contributed by atoms with Gasteiger partial charge in [0.1, 0.15) is 11.3 Å². The van der Waals surface area contributed by atoms with E-state index in [-0.39, 0.29) is 29.1 Å². The van der Waals surface area contributed by atoms with Gasteiger partial charge in [-0.15, -0.1) is 0 Å². The molecule has 1 aliphatic rings. The van der Waals surface area contributed by atoms with E-state index in [1.807, 2.05) is 0 Å². The van der Waals surface area contributed by atoms with Crippen molar-refractivity contribution in [1.82, 2.24) is 9.80 Å². The summed E-state index contributed by atoms with van der Waals surface area (Å²) >= 11 is 0. The highest BCUT2D eigenvalue weighted by atomic mass is 19.4. The quantitative estimate of drug-likeness (QED) is 0.662. The van der Waals surface area contributed by atoms with E-state index >= 15 is 0 Å². The van der Waals surface area contributed by atoms with Crippen molar-refractivity contribution in [3.8, 4) is 17.2 Å². The number of amides is 2. The Labute approximate surface area is 177 Å². The first-order chi connectivity index (χ1) is 14.6. The van der Waals surface area contributed by atoms with Gasteiger partial charge in [0.2, 0.25) is 0 Å². The number of alkyl halides is 3. The molecule has 3 N–H and O–H groups in total. The number of likely N-dealkylation sites (N-methyl/N-ethyl adjacent to an activating group) is 2. The Morgan fingerprint density at radius 3 is 2.39 bits per heavy atom. The lowest BCUT2D eigenvalue weighted by Gasteiger charge is -2.16. The lowest BCUT2D eigenvalue weighted by molar-refractivity contribution is -0.138. The largest absolute Gasteiger partial charge is 0.493 e. The molecule has 2 aromatic rings. The molecule has 0 unspecified atom stereocenters. The summed E-state index contributed by atoms with van der Waals surface area (Å²) in [6, 6.07) is 7.55. The Bertz CT molecular complexity index is 1070. The number of nitrogens with two attached hydrogens (primary N) is 1. The van der Waals surface area contributed by atoms with E-state index in [2.05, 4.69) is 0 Å². The van der Waals surface area contributed by atoms with Crippen molar-refractivity contribution in [3.05, 3.63) is 53.2 Å². The number of amidine groups is 1.